The van der Waals surface area contributed by atoms with Gasteiger partial charge in [-0.15, -0.1) is 0 Å². The van der Waals surface area contributed by atoms with Gasteiger partial charge in [0.15, 0.2) is 0 Å². The fourth-order valence-electron chi connectivity index (χ4n) is 3.83. The van der Waals surface area contributed by atoms with E-state index in [-0.39, 0.29) is 13.1 Å². The molecule has 1 aromatic rings. The maximum absolute atomic E-state index is 12.8. The molecule has 1 amide bonds. The second-order valence-electron chi connectivity index (χ2n) is 8.27. The van der Waals surface area contributed by atoms with Gasteiger partial charge in [0.2, 0.25) is 15.9 Å². The summed E-state index contributed by atoms with van der Waals surface area (Å²) in [6.07, 6.45) is 1.09. The molecular formula is C21H32F3N3O4S. The Labute approximate surface area is 187 Å². The number of sulfonamides is 1. The number of unbranched alkanes of at least 4 members (excludes halogenated alkanes) is 1. The van der Waals surface area contributed by atoms with Crippen molar-refractivity contribution >= 4 is 15.9 Å². The normalized spacial score (nSPS) is 17.7. The molecule has 0 aliphatic heterocycles. The molecule has 11 heteroatoms. The van der Waals surface area contributed by atoms with Crippen LogP contribution in [0.5, 0.6) is 0 Å². The Morgan fingerprint density at radius 2 is 1.81 bits per heavy atom. The first-order valence-corrected chi connectivity index (χ1v) is 12.4. The summed E-state index contributed by atoms with van der Waals surface area (Å²) < 4.78 is 64.9. The van der Waals surface area contributed by atoms with Crippen LogP contribution in [0.3, 0.4) is 0 Å². The Bertz CT molecular complexity index is 843. The Kier molecular flexibility index (Phi) is 9.93. The van der Waals surface area contributed by atoms with Crippen molar-refractivity contribution in [2.45, 2.75) is 74.6 Å². The highest BCUT2D eigenvalue weighted by atomic mass is 32.2. The van der Waals surface area contributed by atoms with Crippen LogP contribution in [0, 0.1) is 5.92 Å². The molecule has 2 rings (SSSR count). The molecule has 7 nitrogen and oxygen atoms in total. The first kappa shape index (κ1) is 26.6. The number of aliphatic hydroxyl groups excluding tert-OH is 1. The van der Waals surface area contributed by atoms with Gasteiger partial charge in [0.05, 0.1) is 10.5 Å². The topological polar surface area (TPSA) is 122 Å². The molecule has 2 unspecified atom stereocenters. The van der Waals surface area contributed by atoms with Gasteiger partial charge >= 0.3 is 6.18 Å². The van der Waals surface area contributed by atoms with Crippen LogP contribution in [0.2, 0.25) is 0 Å². The Hall–Kier alpha value is -1.69. The van der Waals surface area contributed by atoms with Gasteiger partial charge in [0.1, 0.15) is 6.10 Å². The lowest BCUT2D eigenvalue weighted by molar-refractivity contribution is -0.137. The average Bonchev–Trinajstić information content (AvgIpc) is 2.75. The van der Waals surface area contributed by atoms with Crippen molar-refractivity contribution in [3.63, 3.8) is 0 Å². The van der Waals surface area contributed by atoms with Gasteiger partial charge in [-0.05, 0) is 43.4 Å². The van der Waals surface area contributed by atoms with Crippen LogP contribution in [-0.2, 0) is 21.0 Å². The third-order valence-electron chi connectivity index (χ3n) is 5.67. The number of nitrogens with one attached hydrogen (secondary N) is 2. The molecule has 1 aromatic carbocycles. The van der Waals surface area contributed by atoms with E-state index in [4.69, 9.17) is 5.73 Å². The predicted molar refractivity (Wildman–Crippen MR) is 114 cm³/mol. The summed E-state index contributed by atoms with van der Waals surface area (Å²) in [7, 11) is -4.08. The van der Waals surface area contributed by atoms with E-state index in [1.54, 1.807) is 0 Å². The molecule has 1 fully saturated rings. The first-order valence-electron chi connectivity index (χ1n) is 10.9. The van der Waals surface area contributed by atoms with Crippen LogP contribution in [0.4, 0.5) is 13.2 Å². The summed E-state index contributed by atoms with van der Waals surface area (Å²) in [6.45, 7) is 0.218. The maximum atomic E-state index is 12.8. The summed E-state index contributed by atoms with van der Waals surface area (Å²) in [4.78, 5) is 11.6. The zero-order valence-electron chi connectivity index (χ0n) is 17.9. The highest BCUT2D eigenvalue weighted by Gasteiger charge is 2.31. The number of rotatable bonds is 11. The van der Waals surface area contributed by atoms with E-state index in [9.17, 15) is 31.5 Å². The summed E-state index contributed by atoms with van der Waals surface area (Å²) in [6, 6.07) is 2.89. The van der Waals surface area contributed by atoms with Crippen LogP contribution in [0.25, 0.3) is 0 Å². The third kappa shape index (κ3) is 8.34. The van der Waals surface area contributed by atoms with E-state index in [1.807, 2.05) is 0 Å². The molecule has 2 atom stereocenters. The first-order chi connectivity index (χ1) is 15.0. The lowest BCUT2D eigenvalue weighted by atomic mass is 9.84. The molecule has 32 heavy (non-hydrogen) atoms. The van der Waals surface area contributed by atoms with Crippen molar-refractivity contribution in [1.29, 1.82) is 0 Å². The lowest BCUT2D eigenvalue weighted by Gasteiger charge is -2.26. The number of nitrogens with two attached hydrogens (primary N) is 1. The molecule has 0 bridgehead atoms. The second kappa shape index (κ2) is 12.0. The largest absolute Gasteiger partial charge is 0.416 e. The third-order valence-corrected chi connectivity index (χ3v) is 7.13. The van der Waals surface area contributed by atoms with Gasteiger partial charge in [-0.1, -0.05) is 38.2 Å². The number of aliphatic hydroxyl groups is 1. The molecule has 5 N–H and O–H groups in total. The van der Waals surface area contributed by atoms with Crippen LogP contribution < -0.4 is 15.8 Å². The molecule has 1 aliphatic carbocycles. The molecule has 0 spiro atoms. The quantitative estimate of drug-likeness (QED) is 0.364. The van der Waals surface area contributed by atoms with Gasteiger partial charge in [0.25, 0.3) is 0 Å². The maximum Gasteiger partial charge on any atom is 0.416 e. The van der Waals surface area contributed by atoms with Crippen LogP contribution in [0.1, 0.15) is 56.9 Å². The minimum atomic E-state index is -4.63. The number of alkyl halides is 3. The van der Waals surface area contributed by atoms with Crippen molar-refractivity contribution < 1.29 is 31.5 Å². The van der Waals surface area contributed by atoms with E-state index in [0.29, 0.717) is 31.2 Å². The van der Waals surface area contributed by atoms with E-state index in [0.717, 1.165) is 43.9 Å². The predicted octanol–water partition coefficient (Wildman–Crippen LogP) is 2.54. The van der Waals surface area contributed by atoms with Gasteiger partial charge in [-0.2, -0.15) is 13.2 Å². The zero-order valence-corrected chi connectivity index (χ0v) is 18.7. The Morgan fingerprint density at radius 1 is 1.16 bits per heavy atom. The number of hydrogen-bond donors (Lipinski definition) is 4. The highest BCUT2D eigenvalue weighted by molar-refractivity contribution is 7.89. The fraction of sp³-hybridized carbons (Fsp3) is 0.667. The molecule has 0 aromatic heterocycles. The molecule has 1 saturated carbocycles. The van der Waals surface area contributed by atoms with E-state index in [2.05, 4.69) is 10.0 Å². The number of hydrogen-bond acceptors (Lipinski definition) is 5. The van der Waals surface area contributed by atoms with Crippen molar-refractivity contribution in [2.75, 3.05) is 13.1 Å². The summed E-state index contributed by atoms with van der Waals surface area (Å²) >= 11 is 0. The number of carbonyl (C=O) groups excluding carboxylic acids is 1. The Morgan fingerprint density at radius 3 is 2.47 bits per heavy atom. The van der Waals surface area contributed by atoms with Gasteiger partial charge in [0, 0.05) is 19.1 Å². The van der Waals surface area contributed by atoms with Crippen molar-refractivity contribution in [2.24, 2.45) is 11.7 Å². The monoisotopic (exact) mass is 479 g/mol. The molecule has 0 heterocycles. The van der Waals surface area contributed by atoms with Gasteiger partial charge in [-0.3, -0.25) is 4.79 Å². The fourth-order valence-corrected chi connectivity index (χ4v) is 4.95. The molecular weight excluding hydrogens is 447 g/mol. The smallest absolute Gasteiger partial charge is 0.382 e. The van der Waals surface area contributed by atoms with Crippen LogP contribution >= 0.6 is 0 Å². The summed E-state index contributed by atoms with van der Waals surface area (Å²) in [5.74, 6) is -0.121. The average molecular weight is 480 g/mol. The van der Waals surface area contributed by atoms with Crippen LogP contribution in [-0.4, -0.2) is 44.7 Å². The van der Waals surface area contributed by atoms with Crippen molar-refractivity contribution in [1.82, 2.24) is 10.0 Å². The van der Waals surface area contributed by atoms with Gasteiger partial charge in [-0.25, -0.2) is 13.1 Å². The Balaban J connectivity index is 1.68. The van der Waals surface area contributed by atoms with Gasteiger partial charge < -0.3 is 16.2 Å². The number of halogens is 3. The standard InChI is InChI=1S/C21H32F3N3O4S/c22-21(23,24)16-9-6-10-17(14-16)32(30,31)27-12-5-4-11-26-20(29)19(28)18(25)13-15-7-2-1-3-8-15/h6,9-10,14-15,18-19,27-28H,1-5,7-8,11-13,25H2,(H,26,29). The summed E-state index contributed by atoms with van der Waals surface area (Å²) in [5.41, 5.74) is 4.95. The number of amides is 1. The summed E-state index contributed by atoms with van der Waals surface area (Å²) in [5, 5.41) is 12.7. The second-order valence-corrected chi connectivity index (χ2v) is 10.0. The van der Waals surface area contributed by atoms with Crippen molar-refractivity contribution in [3.8, 4) is 0 Å². The number of benzene rings is 1. The number of carbonyl (C=O) groups is 1. The minimum absolute atomic E-state index is 0.00179. The molecule has 0 radical (unpaired) electrons. The zero-order chi connectivity index (χ0) is 23.8. The van der Waals surface area contributed by atoms with Crippen LogP contribution in [0.15, 0.2) is 29.2 Å². The van der Waals surface area contributed by atoms with E-state index in [1.165, 1.54) is 6.42 Å². The molecule has 182 valence electrons. The molecule has 1 aliphatic rings. The van der Waals surface area contributed by atoms with Crippen molar-refractivity contribution in [3.05, 3.63) is 29.8 Å². The van der Waals surface area contributed by atoms with E-state index < -0.39 is 44.7 Å². The lowest BCUT2D eigenvalue weighted by Crippen LogP contribution is -2.47. The highest BCUT2D eigenvalue weighted by Crippen LogP contribution is 2.30. The molecule has 0 saturated heterocycles. The minimum Gasteiger partial charge on any atom is -0.382 e. The SMILES string of the molecule is NC(CC1CCCCC1)C(O)C(=O)NCCCCNS(=O)(=O)c1cccc(C(F)(F)F)c1. The van der Waals surface area contributed by atoms with E-state index >= 15 is 0 Å².